The van der Waals surface area contributed by atoms with Crippen LogP contribution in [-0.2, 0) is 4.79 Å². The van der Waals surface area contributed by atoms with Crippen LogP contribution in [0.1, 0.15) is 31.7 Å². The molecule has 1 N–H and O–H groups in total. The summed E-state index contributed by atoms with van der Waals surface area (Å²) in [5.41, 5.74) is 3.76. The van der Waals surface area contributed by atoms with E-state index in [0.717, 1.165) is 22.5 Å². The number of hydrogen-bond acceptors (Lipinski definition) is 3. The highest BCUT2D eigenvalue weighted by molar-refractivity contribution is 5.93. The van der Waals surface area contributed by atoms with Crippen LogP contribution in [0, 0.1) is 18.8 Å². The largest absolute Gasteiger partial charge is 0.326 e. The van der Waals surface area contributed by atoms with Crippen molar-refractivity contribution in [2.24, 2.45) is 11.8 Å². The van der Waals surface area contributed by atoms with Crippen molar-refractivity contribution < 1.29 is 4.79 Å². The Kier molecular flexibility index (Phi) is 4.18. The Bertz CT molecular complexity index is 665. The zero-order valence-electron chi connectivity index (χ0n) is 13.0. The lowest BCUT2D eigenvalue weighted by atomic mass is 9.76. The highest BCUT2D eigenvalue weighted by Crippen LogP contribution is 2.34. The number of carbonyl (C=O) groups is 1. The average molecular weight is 295 g/mol. The Balaban J connectivity index is 1.79. The molecule has 0 bridgehead atoms. The second-order valence-corrected chi connectivity index (χ2v) is 6.11. The van der Waals surface area contributed by atoms with E-state index in [9.17, 15) is 4.79 Å². The average Bonchev–Trinajstić information content (AvgIpc) is 2.48. The molecule has 3 rings (SSSR count). The number of rotatable bonds is 4. The van der Waals surface area contributed by atoms with E-state index in [4.69, 9.17) is 0 Å². The fourth-order valence-electron chi connectivity index (χ4n) is 2.83. The number of nitrogens with zero attached hydrogens (tertiary/aromatic N) is 2. The van der Waals surface area contributed by atoms with Crippen LogP contribution in [0.3, 0.4) is 0 Å². The normalized spacial score (nSPS) is 15.9. The van der Waals surface area contributed by atoms with Gasteiger partial charge in [0.2, 0.25) is 5.91 Å². The smallest absolute Gasteiger partial charge is 0.227 e. The lowest BCUT2D eigenvalue weighted by Gasteiger charge is -2.30. The number of aryl methyl sites for hydroxylation is 1. The molecule has 114 valence electrons. The molecule has 4 nitrogen and oxygen atoms in total. The molecule has 1 atom stereocenters. The molecule has 0 spiro atoms. The quantitative estimate of drug-likeness (QED) is 0.932. The minimum atomic E-state index is 0.0787. The van der Waals surface area contributed by atoms with Crippen LogP contribution in [0.25, 0.3) is 11.3 Å². The van der Waals surface area contributed by atoms with Gasteiger partial charge in [-0.05, 0) is 55.5 Å². The third-order valence-electron chi connectivity index (χ3n) is 4.62. The summed E-state index contributed by atoms with van der Waals surface area (Å²) in [4.78, 5) is 12.3. The second-order valence-electron chi connectivity index (χ2n) is 6.11. The van der Waals surface area contributed by atoms with Crippen molar-refractivity contribution in [3.05, 3.63) is 42.1 Å². The Hall–Kier alpha value is -2.23. The zero-order valence-corrected chi connectivity index (χ0v) is 13.0. The van der Waals surface area contributed by atoms with Gasteiger partial charge in [-0.3, -0.25) is 4.79 Å². The molecule has 0 saturated heterocycles. The van der Waals surface area contributed by atoms with E-state index in [1.807, 2.05) is 44.2 Å². The standard InChI is InChI=1S/C18H21N3O/c1-12-8-9-15(11-16(12)17-7-4-10-19-21-17)20-18(22)13(2)14-5-3-6-14/h4,7-11,13-14H,3,5-6H2,1-2H3,(H,20,22). The molecule has 1 aromatic heterocycles. The maximum absolute atomic E-state index is 12.3. The second kappa shape index (κ2) is 6.26. The van der Waals surface area contributed by atoms with E-state index in [1.165, 1.54) is 19.3 Å². The van der Waals surface area contributed by atoms with Crippen LogP contribution < -0.4 is 5.32 Å². The molecule has 2 aromatic rings. The number of amides is 1. The summed E-state index contributed by atoms with van der Waals surface area (Å²) in [6, 6.07) is 9.72. The fraction of sp³-hybridized carbons (Fsp3) is 0.389. The predicted molar refractivity (Wildman–Crippen MR) is 87.3 cm³/mol. The number of aromatic nitrogens is 2. The van der Waals surface area contributed by atoms with Gasteiger partial charge in [0.15, 0.2) is 0 Å². The molecule has 1 aliphatic carbocycles. The van der Waals surface area contributed by atoms with Gasteiger partial charge in [-0.25, -0.2) is 0 Å². The van der Waals surface area contributed by atoms with Crippen molar-refractivity contribution >= 4 is 11.6 Å². The molecule has 1 saturated carbocycles. The third-order valence-corrected chi connectivity index (χ3v) is 4.62. The van der Waals surface area contributed by atoms with Crippen LogP contribution in [0.5, 0.6) is 0 Å². The van der Waals surface area contributed by atoms with Crippen molar-refractivity contribution in [1.29, 1.82) is 0 Å². The van der Waals surface area contributed by atoms with Gasteiger partial charge in [0.05, 0.1) is 5.69 Å². The molecule has 1 fully saturated rings. The van der Waals surface area contributed by atoms with Crippen LogP contribution in [0.4, 0.5) is 5.69 Å². The highest BCUT2D eigenvalue weighted by atomic mass is 16.1. The molecular weight excluding hydrogens is 274 g/mol. The highest BCUT2D eigenvalue weighted by Gasteiger charge is 2.28. The van der Waals surface area contributed by atoms with Crippen molar-refractivity contribution in [3.8, 4) is 11.3 Å². The maximum Gasteiger partial charge on any atom is 0.227 e. The summed E-state index contributed by atoms with van der Waals surface area (Å²) < 4.78 is 0. The van der Waals surface area contributed by atoms with E-state index >= 15 is 0 Å². The first kappa shape index (κ1) is 14.7. The monoisotopic (exact) mass is 295 g/mol. The van der Waals surface area contributed by atoms with Gasteiger partial charge in [-0.1, -0.05) is 19.4 Å². The number of anilines is 1. The Labute approximate surface area is 131 Å². The van der Waals surface area contributed by atoms with Crippen LogP contribution >= 0.6 is 0 Å². The Morgan fingerprint density at radius 1 is 1.32 bits per heavy atom. The molecule has 1 heterocycles. The van der Waals surface area contributed by atoms with Crippen molar-refractivity contribution in [2.45, 2.75) is 33.1 Å². The summed E-state index contributed by atoms with van der Waals surface area (Å²) in [7, 11) is 0. The summed E-state index contributed by atoms with van der Waals surface area (Å²) in [5, 5.41) is 11.1. The summed E-state index contributed by atoms with van der Waals surface area (Å²) in [6.07, 6.45) is 5.26. The number of carbonyl (C=O) groups excluding carboxylic acids is 1. The van der Waals surface area contributed by atoms with E-state index in [1.54, 1.807) is 6.20 Å². The van der Waals surface area contributed by atoms with Gasteiger partial charge in [-0.2, -0.15) is 10.2 Å². The SMILES string of the molecule is Cc1ccc(NC(=O)C(C)C2CCC2)cc1-c1cccnn1. The number of benzene rings is 1. The van der Waals surface area contributed by atoms with Crippen molar-refractivity contribution in [1.82, 2.24) is 10.2 Å². The first-order valence-electron chi connectivity index (χ1n) is 7.85. The van der Waals surface area contributed by atoms with E-state index in [0.29, 0.717) is 5.92 Å². The maximum atomic E-state index is 12.3. The third kappa shape index (κ3) is 3.01. The molecule has 22 heavy (non-hydrogen) atoms. The van der Waals surface area contributed by atoms with Gasteiger partial charge in [0.1, 0.15) is 0 Å². The van der Waals surface area contributed by atoms with Gasteiger partial charge >= 0.3 is 0 Å². The predicted octanol–water partition coefficient (Wildman–Crippen LogP) is 3.83. The van der Waals surface area contributed by atoms with Crippen LogP contribution in [0.2, 0.25) is 0 Å². The fourth-order valence-corrected chi connectivity index (χ4v) is 2.83. The Morgan fingerprint density at radius 2 is 2.14 bits per heavy atom. The molecular formula is C18H21N3O. The lowest BCUT2D eigenvalue weighted by molar-refractivity contribution is -0.121. The Morgan fingerprint density at radius 3 is 2.77 bits per heavy atom. The van der Waals surface area contributed by atoms with Crippen molar-refractivity contribution in [2.75, 3.05) is 5.32 Å². The molecule has 4 heteroatoms. The minimum absolute atomic E-state index is 0.0787. The number of nitrogens with one attached hydrogen (secondary N) is 1. The minimum Gasteiger partial charge on any atom is -0.326 e. The first-order valence-corrected chi connectivity index (χ1v) is 7.85. The topological polar surface area (TPSA) is 54.9 Å². The van der Waals surface area contributed by atoms with Gasteiger partial charge in [0, 0.05) is 23.4 Å². The van der Waals surface area contributed by atoms with Gasteiger partial charge in [0.25, 0.3) is 0 Å². The lowest BCUT2D eigenvalue weighted by Crippen LogP contribution is -2.30. The van der Waals surface area contributed by atoms with Crippen molar-refractivity contribution in [3.63, 3.8) is 0 Å². The molecule has 0 aliphatic heterocycles. The van der Waals surface area contributed by atoms with Crippen LogP contribution in [-0.4, -0.2) is 16.1 Å². The molecule has 1 aromatic carbocycles. The summed E-state index contributed by atoms with van der Waals surface area (Å²) >= 11 is 0. The molecule has 0 radical (unpaired) electrons. The van der Waals surface area contributed by atoms with Crippen LogP contribution in [0.15, 0.2) is 36.5 Å². The summed E-state index contributed by atoms with van der Waals surface area (Å²) in [6.45, 7) is 4.06. The van der Waals surface area contributed by atoms with Gasteiger partial charge in [-0.15, -0.1) is 0 Å². The van der Waals surface area contributed by atoms with E-state index in [-0.39, 0.29) is 11.8 Å². The summed E-state index contributed by atoms with van der Waals surface area (Å²) in [5.74, 6) is 0.735. The first-order chi connectivity index (χ1) is 10.6. The zero-order chi connectivity index (χ0) is 15.5. The molecule has 1 aliphatic rings. The molecule has 1 amide bonds. The molecule has 1 unspecified atom stereocenters. The van der Waals surface area contributed by atoms with E-state index < -0.39 is 0 Å². The van der Waals surface area contributed by atoms with Gasteiger partial charge < -0.3 is 5.32 Å². The van der Waals surface area contributed by atoms with E-state index in [2.05, 4.69) is 15.5 Å². The number of hydrogen-bond donors (Lipinski definition) is 1.